The van der Waals surface area contributed by atoms with Crippen molar-refractivity contribution >= 4 is 10.0 Å². The average Bonchev–Trinajstić information content (AvgIpc) is 2.60. The van der Waals surface area contributed by atoms with Crippen molar-refractivity contribution in [3.05, 3.63) is 65.2 Å². The Morgan fingerprint density at radius 3 is 2.54 bits per heavy atom. The molecule has 1 aliphatic rings. The van der Waals surface area contributed by atoms with Crippen LogP contribution >= 0.6 is 0 Å². The number of para-hydroxylation sites is 1. The number of rotatable bonds is 6. The van der Waals surface area contributed by atoms with Crippen LogP contribution in [0.5, 0.6) is 5.75 Å². The van der Waals surface area contributed by atoms with Crippen molar-refractivity contribution in [2.45, 2.75) is 57.4 Å². The summed E-state index contributed by atoms with van der Waals surface area (Å²) >= 11 is 0. The van der Waals surface area contributed by atoms with Gasteiger partial charge in [0.2, 0.25) is 10.0 Å². The van der Waals surface area contributed by atoms with Gasteiger partial charge in [0.05, 0.1) is 11.8 Å². The van der Waals surface area contributed by atoms with Gasteiger partial charge in [-0.25, -0.2) is 13.1 Å². The molecule has 0 spiro atoms. The van der Waals surface area contributed by atoms with Gasteiger partial charge in [0.1, 0.15) is 11.4 Å². The summed E-state index contributed by atoms with van der Waals surface area (Å²) in [4.78, 5) is 0. The summed E-state index contributed by atoms with van der Waals surface area (Å²) in [5.74, 6) is 0.769. The summed E-state index contributed by atoms with van der Waals surface area (Å²) in [7, 11) is -3.47. The first-order chi connectivity index (χ1) is 12.4. The van der Waals surface area contributed by atoms with Gasteiger partial charge in [0.25, 0.3) is 0 Å². The lowest BCUT2D eigenvalue weighted by Crippen LogP contribution is -2.44. The molecule has 1 heterocycles. The van der Waals surface area contributed by atoms with Crippen LogP contribution in [-0.2, 0) is 15.8 Å². The SMILES string of the molecule is CCC1(CC)C[C@@H](NS(=O)(=O)Cc2cccc(C)c2)c2ccccc2O1. The Hall–Kier alpha value is -1.85. The van der Waals surface area contributed by atoms with E-state index in [4.69, 9.17) is 4.74 Å². The van der Waals surface area contributed by atoms with E-state index in [-0.39, 0.29) is 17.4 Å². The number of hydrogen-bond acceptors (Lipinski definition) is 3. The summed E-state index contributed by atoms with van der Waals surface area (Å²) in [5.41, 5.74) is 2.45. The maximum Gasteiger partial charge on any atom is 0.216 e. The van der Waals surface area contributed by atoms with Crippen LogP contribution in [0.15, 0.2) is 48.5 Å². The van der Waals surface area contributed by atoms with Gasteiger partial charge >= 0.3 is 0 Å². The summed E-state index contributed by atoms with van der Waals surface area (Å²) in [6.07, 6.45) is 2.33. The van der Waals surface area contributed by atoms with E-state index in [1.165, 1.54) is 0 Å². The van der Waals surface area contributed by atoms with Crippen LogP contribution < -0.4 is 9.46 Å². The minimum Gasteiger partial charge on any atom is -0.487 e. The zero-order valence-electron chi connectivity index (χ0n) is 15.7. The van der Waals surface area contributed by atoms with Gasteiger partial charge in [-0.3, -0.25) is 0 Å². The van der Waals surface area contributed by atoms with Gasteiger partial charge in [0.15, 0.2) is 0 Å². The fourth-order valence-electron chi connectivity index (χ4n) is 3.69. The Bertz CT molecular complexity index is 872. The minimum atomic E-state index is -3.47. The average molecular weight is 374 g/mol. The quantitative estimate of drug-likeness (QED) is 0.811. The second-order valence-electron chi connectivity index (χ2n) is 7.15. The largest absolute Gasteiger partial charge is 0.487 e. The molecule has 0 aliphatic carbocycles. The van der Waals surface area contributed by atoms with E-state index in [2.05, 4.69) is 18.6 Å². The van der Waals surface area contributed by atoms with Crippen molar-refractivity contribution < 1.29 is 13.2 Å². The molecule has 26 heavy (non-hydrogen) atoms. The van der Waals surface area contributed by atoms with Crippen molar-refractivity contribution in [2.24, 2.45) is 0 Å². The predicted octanol–water partition coefficient (Wildman–Crippen LogP) is 4.50. The third-order valence-electron chi connectivity index (χ3n) is 5.25. The van der Waals surface area contributed by atoms with Gasteiger partial charge in [-0.15, -0.1) is 0 Å². The molecule has 0 fully saturated rings. The lowest BCUT2D eigenvalue weighted by Gasteiger charge is -2.41. The Morgan fingerprint density at radius 1 is 1.12 bits per heavy atom. The second-order valence-corrected chi connectivity index (χ2v) is 8.91. The molecule has 1 atom stereocenters. The normalized spacial score (nSPS) is 18.8. The Morgan fingerprint density at radius 2 is 1.85 bits per heavy atom. The summed E-state index contributed by atoms with van der Waals surface area (Å²) in [6.45, 7) is 6.15. The van der Waals surface area contributed by atoms with E-state index in [1.807, 2.05) is 55.5 Å². The van der Waals surface area contributed by atoms with E-state index in [0.717, 1.165) is 35.3 Å². The Kier molecular flexibility index (Phi) is 5.39. The highest BCUT2D eigenvalue weighted by molar-refractivity contribution is 7.88. The smallest absolute Gasteiger partial charge is 0.216 e. The molecule has 0 amide bonds. The predicted molar refractivity (Wildman–Crippen MR) is 105 cm³/mol. The summed E-state index contributed by atoms with van der Waals surface area (Å²) < 4.78 is 34.8. The molecule has 1 aliphatic heterocycles. The molecule has 0 saturated carbocycles. The van der Waals surface area contributed by atoms with Crippen LogP contribution in [-0.4, -0.2) is 14.0 Å². The van der Waals surface area contributed by atoms with Crippen LogP contribution in [0.1, 0.15) is 55.8 Å². The topological polar surface area (TPSA) is 55.4 Å². The highest BCUT2D eigenvalue weighted by Gasteiger charge is 2.39. The Balaban J connectivity index is 1.87. The molecule has 0 unspecified atom stereocenters. The van der Waals surface area contributed by atoms with Gasteiger partial charge in [0, 0.05) is 12.0 Å². The number of hydrogen-bond donors (Lipinski definition) is 1. The van der Waals surface area contributed by atoms with Crippen LogP contribution in [0.3, 0.4) is 0 Å². The zero-order valence-corrected chi connectivity index (χ0v) is 16.5. The van der Waals surface area contributed by atoms with Crippen molar-refractivity contribution in [3.63, 3.8) is 0 Å². The molecule has 3 rings (SSSR count). The maximum atomic E-state index is 12.8. The molecular formula is C21H27NO3S. The van der Waals surface area contributed by atoms with Crippen molar-refractivity contribution in [2.75, 3.05) is 0 Å². The highest BCUT2D eigenvalue weighted by Crippen LogP contribution is 2.42. The second kappa shape index (κ2) is 7.41. The monoisotopic (exact) mass is 373 g/mol. The molecule has 0 aromatic heterocycles. The van der Waals surface area contributed by atoms with E-state index in [9.17, 15) is 8.42 Å². The molecule has 0 radical (unpaired) electrons. The highest BCUT2D eigenvalue weighted by atomic mass is 32.2. The number of benzene rings is 2. The van der Waals surface area contributed by atoms with Crippen molar-refractivity contribution in [3.8, 4) is 5.75 Å². The van der Waals surface area contributed by atoms with Crippen LogP contribution in [0.2, 0.25) is 0 Å². The van der Waals surface area contributed by atoms with Gasteiger partial charge in [-0.1, -0.05) is 61.9 Å². The van der Waals surface area contributed by atoms with Crippen LogP contribution in [0.4, 0.5) is 0 Å². The van der Waals surface area contributed by atoms with Crippen molar-refractivity contribution in [1.82, 2.24) is 4.72 Å². The molecule has 5 heteroatoms. The molecular weight excluding hydrogens is 346 g/mol. The van der Waals surface area contributed by atoms with Crippen molar-refractivity contribution in [1.29, 1.82) is 0 Å². The number of ether oxygens (including phenoxy) is 1. The van der Waals surface area contributed by atoms with E-state index in [0.29, 0.717) is 6.42 Å². The number of nitrogens with one attached hydrogen (secondary N) is 1. The van der Waals surface area contributed by atoms with E-state index >= 15 is 0 Å². The lowest BCUT2D eigenvalue weighted by atomic mass is 9.84. The van der Waals surface area contributed by atoms with Crippen LogP contribution in [0.25, 0.3) is 0 Å². The third-order valence-corrected chi connectivity index (χ3v) is 6.60. The maximum absolute atomic E-state index is 12.8. The summed E-state index contributed by atoms with van der Waals surface area (Å²) in [5, 5.41) is 0. The van der Waals surface area contributed by atoms with E-state index < -0.39 is 10.0 Å². The minimum absolute atomic E-state index is 0.0144. The molecule has 2 aromatic rings. The molecule has 2 aromatic carbocycles. The number of aryl methyl sites for hydroxylation is 1. The molecule has 1 N–H and O–H groups in total. The van der Waals surface area contributed by atoms with E-state index in [1.54, 1.807) is 0 Å². The Labute approximate surface area is 156 Å². The van der Waals surface area contributed by atoms with Gasteiger partial charge < -0.3 is 4.74 Å². The fraction of sp³-hybridized carbons (Fsp3) is 0.429. The molecule has 140 valence electrons. The first-order valence-corrected chi connectivity index (χ1v) is 10.8. The van der Waals surface area contributed by atoms with Gasteiger partial charge in [-0.05, 0) is 31.4 Å². The van der Waals surface area contributed by atoms with Gasteiger partial charge in [-0.2, -0.15) is 0 Å². The molecule has 0 saturated heterocycles. The third kappa shape index (κ3) is 4.10. The molecule has 0 bridgehead atoms. The fourth-order valence-corrected chi connectivity index (χ4v) is 5.03. The first kappa shape index (κ1) is 18.9. The van der Waals surface area contributed by atoms with Crippen LogP contribution in [0, 0.1) is 6.92 Å². The summed E-state index contributed by atoms with van der Waals surface area (Å²) in [6, 6.07) is 15.1. The first-order valence-electron chi connectivity index (χ1n) is 9.20. The number of sulfonamides is 1. The zero-order chi connectivity index (χ0) is 18.8. The standard InChI is InChI=1S/C21H27NO3S/c1-4-21(5-2)14-19(18-11-6-7-12-20(18)25-21)22-26(23,24)15-17-10-8-9-16(3)13-17/h6-13,19,22H,4-5,14-15H2,1-3H3/t19-/m1/s1. The lowest BCUT2D eigenvalue weighted by molar-refractivity contribution is 0.0260. The number of fused-ring (bicyclic) bond motifs is 1. The molecule has 4 nitrogen and oxygen atoms in total.